The molecular weight excluding hydrogens is 738 g/mol. The maximum Gasteiger partial charge on any atom is 0.125 e. The summed E-state index contributed by atoms with van der Waals surface area (Å²) in [5.41, 5.74) is 6.60. The second kappa shape index (κ2) is 23.2. The molecule has 4 rings (SSSR count). The minimum absolute atomic E-state index is 0.0230. The molecule has 0 spiro atoms. The van der Waals surface area contributed by atoms with Crippen LogP contribution in [-0.2, 0) is 53.7 Å². The number of nitrogens with zero attached hydrogens (tertiary/aromatic N) is 3. The molecule has 3 aromatic rings. The van der Waals surface area contributed by atoms with E-state index in [0.717, 1.165) is 16.7 Å². The Hall–Kier alpha value is -3.42. The summed E-state index contributed by atoms with van der Waals surface area (Å²) in [6, 6.07) is 11.3. The zero-order valence-electron chi connectivity index (χ0n) is 33.5. The highest BCUT2D eigenvalue weighted by molar-refractivity contribution is 5.45. The topological polar surface area (TPSA) is 219 Å². The van der Waals surface area contributed by atoms with Crippen LogP contribution in [0.25, 0.3) is 0 Å². The fraction of sp³-hybridized carbons (Fsp3) is 0.571. The van der Waals surface area contributed by atoms with Crippen molar-refractivity contribution in [2.75, 3.05) is 78.9 Å². The van der Waals surface area contributed by atoms with Gasteiger partial charge in [-0.2, -0.15) is 0 Å². The van der Waals surface area contributed by atoms with Gasteiger partial charge in [0.25, 0.3) is 0 Å². The quantitative estimate of drug-likeness (QED) is 0.0739. The third-order valence-corrected chi connectivity index (χ3v) is 10.3. The van der Waals surface area contributed by atoms with Gasteiger partial charge in [-0.1, -0.05) is 53.1 Å². The first kappa shape index (κ1) is 46.3. The van der Waals surface area contributed by atoms with E-state index in [1.165, 1.54) is 0 Å². The molecule has 0 atom stereocenters. The number of aliphatic hydroxyl groups excluding tert-OH is 6. The summed E-state index contributed by atoms with van der Waals surface area (Å²) >= 11 is 0. The Balaban J connectivity index is 1.61. The summed E-state index contributed by atoms with van der Waals surface area (Å²) in [6.45, 7) is 8.90. The number of phenolic OH excluding ortho intramolecular Hbond substituents is 3. The van der Waals surface area contributed by atoms with Crippen molar-refractivity contribution in [3.63, 3.8) is 0 Å². The van der Waals surface area contributed by atoms with Gasteiger partial charge in [-0.05, 0) is 20.8 Å². The standard InChI is InChI=1S/C42H63N3O12/c1-28-10-31(40(52)34(13-28)25-55-37(19-46)20-47)16-43-4-6-44(17-32-11-29(2)14-35(41(32)53)26-56-38(21-48)22-49)8-9-45(7-5-43)18-33-12-30(3)15-36(42(33)54)27-57-39(23-50)24-51/h10-15,37-39,46-54H,4-9,16-27H2,1-3H3. The highest BCUT2D eigenvalue weighted by Gasteiger charge is 2.23. The van der Waals surface area contributed by atoms with Gasteiger partial charge in [0.15, 0.2) is 0 Å². The van der Waals surface area contributed by atoms with Gasteiger partial charge in [-0.25, -0.2) is 0 Å². The molecule has 15 nitrogen and oxygen atoms in total. The summed E-state index contributed by atoms with van der Waals surface area (Å²) in [5, 5.41) is 91.0. The Morgan fingerprint density at radius 2 is 0.614 bits per heavy atom. The molecule has 1 fully saturated rings. The summed E-state index contributed by atoms with van der Waals surface area (Å²) in [7, 11) is 0. The van der Waals surface area contributed by atoms with Crippen LogP contribution in [0.4, 0.5) is 0 Å². The average molecular weight is 802 g/mol. The van der Waals surface area contributed by atoms with Gasteiger partial charge in [0.05, 0.1) is 59.5 Å². The molecule has 1 aliphatic heterocycles. The van der Waals surface area contributed by atoms with Crippen LogP contribution in [0.2, 0.25) is 0 Å². The number of aryl methyl sites for hydroxylation is 3. The van der Waals surface area contributed by atoms with Gasteiger partial charge in [0.2, 0.25) is 0 Å². The maximum absolute atomic E-state index is 11.4. The van der Waals surface area contributed by atoms with Gasteiger partial charge < -0.3 is 60.2 Å². The summed E-state index contributed by atoms with van der Waals surface area (Å²) in [4.78, 5) is 6.77. The van der Waals surface area contributed by atoms with E-state index in [1.807, 2.05) is 57.2 Å². The van der Waals surface area contributed by atoms with Crippen LogP contribution in [0.15, 0.2) is 36.4 Å². The minimum Gasteiger partial charge on any atom is -0.507 e. The number of benzene rings is 3. The first-order chi connectivity index (χ1) is 27.4. The van der Waals surface area contributed by atoms with Gasteiger partial charge in [-0.15, -0.1) is 0 Å². The van der Waals surface area contributed by atoms with Crippen molar-refractivity contribution in [2.45, 2.75) is 78.5 Å². The Morgan fingerprint density at radius 3 is 0.825 bits per heavy atom. The Kier molecular flexibility index (Phi) is 18.9. The van der Waals surface area contributed by atoms with Crippen LogP contribution in [0.1, 0.15) is 50.1 Å². The SMILES string of the molecule is Cc1cc(COC(CO)CO)c(O)c(CN2CCN(Cc3cc(C)cc(COC(CO)CO)c3O)CCN(Cc3cc(C)cc(COC(CO)CO)c3O)CC2)c1. The van der Waals surface area contributed by atoms with E-state index in [-0.39, 0.29) is 76.7 Å². The zero-order valence-corrected chi connectivity index (χ0v) is 33.5. The lowest BCUT2D eigenvalue weighted by Crippen LogP contribution is -2.35. The highest BCUT2D eigenvalue weighted by atomic mass is 16.5. The molecule has 0 amide bonds. The van der Waals surface area contributed by atoms with Gasteiger partial charge >= 0.3 is 0 Å². The fourth-order valence-corrected chi connectivity index (χ4v) is 6.99. The number of hydrogen-bond donors (Lipinski definition) is 9. The van der Waals surface area contributed by atoms with Gasteiger partial charge in [-0.3, -0.25) is 14.7 Å². The van der Waals surface area contributed by atoms with Crippen molar-refractivity contribution in [2.24, 2.45) is 0 Å². The first-order valence-corrected chi connectivity index (χ1v) is 19.5. The van der Waals surface area contributed by atoms with Crippen molar-refractivity contribution in [3.8, 4) is 17.2 Å². The average Bonchev–Trinajstić information content (AvgIpc) is 3.28. The minimum atomic E-state index is -0.757. The van der Waals surface area contributed by atoms with Crippen LogP contribution in [0, 0.1) is 20.8 Å². The van der Waals surface area contributed by atoms with E-state index in [0.29, 0.717) is 92.3 Å². The van der Waals surface area contributed by atoms with Crippen LogP contribution in [0.5, 0.6) is 17.2 Å². The molecule has 1 aliphatic rings. The Labute approximate surface area is 335 Å². The normalized spacial score (nSPS) is 15.2. The number of aromatic hydroxyl groups is 3. The number of hydrogen-bond acceptors (Lipinski definition) is 15. The van der Waals surface area contributed by atoms with E-state index in [1.54, 1.807) is 0 Å². The van der Waals surface area contributed by atoms with Crippen LogP contribution in [-0.4, -0.2) is 158 Å². The van der Waals surface area contributed by atoms with Gasteiger partial charge in [0.1, 0.15) is 35.6 Å². The summed E-state index contributed by atoms with van der Waals surface area (Å²) < 4.78 is 16.9. The lowest BCUT2D eigenvalue weighted by molar-refractivity contribution is -0.0290. The van der Waals surface area contributed by atoms with Crippen molar-refractivity contribution in [1.29, 1.82) is 0 Å². The molecule has 0 radical (unpaired) electrons. The molecule has 15 heteroatoms. The zero-order chi connectivity index (χ0) is 41.5. The lowest BCUT2D eigenvalue weighted by atomic mass is 10.0. The highest BCUT2D eigenvalue weighted by Crippen LogP contribution is 2.30. The number of phenols is 3. The second-order valence-corrected chi connectivity index (χ2v) is 15.0. The van der Waals surface area contributed by atoms with Crippen molar-refractivity contribution in [1.82, 2.24) is 14.7 Å². The second-order valence-electron chi connectivity index (χ2n) is 15.0. The van der Waals surface area contributed by atoms with Crippen molar-refractivity contribution < 1.29 is 60.2 Å². The smallest absolute Gasteiger partial charge is 0.125 e. The van der Waals surface area contributed by atoms with Crippen LogP contribution < -0.4 is 0 Å². The maximum atomic E-state index is 11.4. The molecule has 9 N–H and O–H groups in total. The molecule has 1 saturated heterocycles. The predicted octanol–water partition coefficient (Wildman–Crippen LogP) is 1.16. The first-order valence-electron chi connectivity index (χ1n) is 19.5. The molecule has 3 aromatic carbocycles. The molecule has 0 aliphatic carbocycles. The Bertz CT molecular complexity index is 1480. The van der Waals surface area contributed by atoms with E-state index < -0.39 is 18.3 Å². The molecule has 57 heavy (non-hydrogen) atoms. The molecule has 0 unspecified atom stereocenters. The predicted molar refractivity (Wildman–Crippen MR) is 213 cm³/mol. The molecule has 0 aromatic heterocycles. The lowest BCUT2D eigenvalue weighted by Gasteiger charge is -2.27. The number of rotatable bonds is 21. The summed E-state index contributed by atoms with van der Waals surface area (Å²) in [6.07, 6.45) is -2.27. The molecule has 1 heterocycles. The van der Waals surface area contributed by atoms with Crippen LogP contribution >= 0.6 is 0 Å². The largest absolute Gasteiger partial charge is 0.507 e. The molecule has 0 bridgehead atoms. The van der Waals surface area contributed by atoms with Crippen LogP contribution in [0.3, 0.4) is 0 Å². The van der Waals surface area contributed by atoms with E-state index in [9.17, 15) is 46.0 Å². The third kappa shape index (κ3) is 13.8. The summed E-state index contributed by atoms with van der Waals surface area (Å²) in [5.74, 6) is 0.283. The van der Waals surface area contributed by atoms with Gasteiger partial charge in [0, 0.05) is 92.3 Å². The Morgan fingerprint density at radius 1 is 0.404 bits per heavy atom. The van der Waals surface area contributed by atoms with E-state index in [2.05, 4.69) is 14.7 Å². The monoisotopic (exact) mass is 801 g/mol. The fourth-order valence-electron chi connectivity index (χ4n) is 6.99. The van der Waals surface area contributed by atoms with Crippen molar-refractivity contribution >= 4 is 0 Å². The van der Waals surface area contributed by atoms with Crippen molar-refractivity contribution in [3.05, 3.63) is 86.5 Å². The van der Waals surface area contributed by atoms with E-state index >= 15 is 0 Å². The molecular formula is C42H63N3O12. The number of ether oxygens (including phenoxy) is 3. The molecule has 318 valence electrons. The number of aliphatic hydroxyl groups is 6. The van der Waals surface area contributed by atoms with E-state index in [4.69, 9.17) is 14.2 Å². The molecule has 0 saturated carbocycles. The third-order valence-electron chi connectivity index (χ3n) is 10.3.